The van der Waals surface area contributed by atoms with Crippen molar-refractivity contribution in [2.75, 3.05) is 18.4 Å². The Bertz CT molecular complexity index is 836. The van der Waals surface area contributed by atoms with E-state index in [9.17, 15) is 18.4 Å². The molecule has 1 aliphatic heterocycles. The number of carbonyl (C=O) groups is 2. The number of nitrogens with one attached hydrogen (secondary N) is 1. The molecule has 0 unspecified atom stereocenters. The van der Waals surface area contributed by atoms with Crippen LogP contribution in [0, 0.1) is 17.6 Å². The summed E-state index contributed by atoms with van der Waals surface area (Å²) in [6, 6.07) is 9.85. The summed E-state index contributed by atoms with van der Waals surface area (Å²) in [5, 5.41) is 3.25. The first-order chi connectivity index (χ1) is 12.5. The fourth-order valence-electron chi connectivity index (χ4n) is 2.98. The Hall–Kier alpha value is -2.47. The van der Waals surface area contributed by atoms with Crippen LogP contribution in [0.2, 0.25) is 5.02 Å². The molecule has 1 heterocycles. The molecule has 0 spiro atoms. The van der Waals surface area contributed by atoms with E-state index in [0.29, 0.717) is 42.7 Å². The summed E-state index contributed by atoms with van der Waals surface area (Å²) < 4.78 is 26.8. The van der Waals surface area contributed by atoms with E-state index in [2.05, 4.69) is 5.32 Å². The van der Waals surface area contributed by atoms with Crippen LogP contribution in [0.15, 0.2) is 42.5 Å². The van der Waals surface area contributed by atoms with Crippen molar-refractivity contribution in [2.45, 2.75) is 12.8 Å². The molecule has 136 valence electrons. The summed E-state index contributed by atoms with van der Waals surface area (Å²) in [5.41, 5.74) is 0.386. The number of nitrogens with zero attached hydrogens (tertiary/aromatic N) is 1. The second kappa shape index (κ2) is 7.83. The Morgan fingerprint density at radius 1 is 1.08 bits per heavy atom. The minimum Gasteiger partial charge on any atom is -0.339 e. The summed E-state index contributed by atoms with van der Waals surface area (Å²) in [7, 11) is 0. The second-order valence-corrected chi connectivity index (χ2v) is 6.57. The van der Waals surface area contributed by atoms with Gasteiger partial charge in [-0.05, 0) is 37.1 Å². The number of carbonyl (C=O) groups excluding carboxylic acids is 2. The number of rotatable bonds is 3. The molecule has 0 atom stereocenters. The maximum absolute atomic E-state index is 13.8. The first-order valence-corrected chi connectivity index (χ1v) is 8.63. The number of hydrogen-bond acceptors (Lipinski definition) is 2. The zero-order chi connectivity index (χ0) is 18.7. The zero-order valence-electron chi connectivity index (χ0n) is 13.8. The molecule has 1 N–H and O–H groups in total. The zero-order valence-corrected chi connectivity index (χ0v) is 14.6. The molecule has 0 aliphatic carbocycles. The minimum atomic E-state index is -0.881. The van der Waals surface area contributed by atoms with E-state index in [4.69, 9.17) is 11.6 Å². The maximum atomic E-state index is 13.8. The molecule has 0 aromatic heterocycles. The third kappa shape index (κ3) is 4.02. The summed E-state index contributed by atoms with van der Waals surface area (Å²) in [6.45, 7) is 0.659. The summed E-state index contributed by atoms with van der Waals surface area (Å²) >= 11 is 6.04. The molecule has 1 saturated heterocycles. The smallest absolute Gasteiger partial charge is 0.256 e. The largest absolute Gasteiger partial charge is 0.339 e. The number of benzene rings is 2. The van der Waals surface area contributed by atoms with Gasteiger partial charge in [0, 0.05) is 25.1 Å². The highest BCUT2D eigenvalue weighted by Crippen LogP contribution is 2.25. The Morgan fingerprint density at radius 3 is 2.42 bits per heavy atom. The van der Waals surface area contributed by atoms with Crippen LogP contribution in [0.5, 0.6) is 0 Å². The lowest BCUT2D eigenvalue weighted by Crippen LogP contribution is -2.41. The lowest BCUT2D eigenvalue weighted by Gasteiger charge is -2.31. The van der Waals surface area contributed by atoms with Gasteiger partial charge in [-0.25, -0.2) is 8.78 Å². The number of likely N-dealkylation sites (tertiary alicyclic amines) is 1. The average molecular weight is 379 g/mol. The predicted molar refractivity (Wildman–Crippen MR) is 95.1 cm³/mol. The van der Waals surface area contributed by atoms with Crippen molar-refractivity contribution in [2.24, 2.45) is 5.92 Å². The summed E-state index contributed by atoms with van der Waals surface area (Å²) in [5.74, 6) is -2.51. The molecule has 3 rings (SSSR count). The third-order valence-corrected chi connectivity index (χ3v) is 4.78. The molecule has 1 fully saturated rings. The van der Waals surface area contributed by atoms with Crippen LogP contribution in [0.4, 0.5) is 14.5 Å². The predicted octanol–water partition coefficient (Wildman–Crippen LogP) is 4.11. The molecule has 2 aromatic carbocycles. The van der Waals surface area contributed by atoms with Gasteiger partial charge in [-0.2, -0.15) is 0 Å². The Morgan fingerprint density at radius 2 is 1.77 bits per heavy atom. The molecule has 7 heteroatoms. The lowest BCUT2D eigenvalue weighted by molar-refractivity contribution is -0.121. The first kappa shape index (κ1) is 18.3. The highest BCUT2D eigenvalue weighted by molar-refractivity contribution is 6.33. The second-order valence-electron chi connectivity index (χ2n) is 6.16. The van der Waals surface area contributed by atoms with Crippen molar-refractivity contribution in [3.8, 4) is 0 Å². The standard InChI is InChI=1S/C19H17ClF2N2O2/c20-15-3-1-2-4-17(15)23-18(25)12-7-9-24(10-8-12)19(26)14-6-5-13(21)11-16(14)22/h1-6,11-12H,7-10H2,(H,23,25). The van der Waals surface area contributed by atoms with Gasteiger partial charge in [-0.15, -0.1) is 0 Å². The minimum absolute atomic E-state index is 0.154. The monoisotopic (exact) mass is 378 g/mol. The fraction of sp³-hybridized carbons (Fsp3) is 0.263. The third-order valence-electron chi connectivity index (χ3n) is 4.45. The summed E-state index contributed by atoms with van der Waals surface area (Å²) in [6.07, 6.45) is 0.926. The summed E-state index contributed by atoms with van der Waals surface area (Å²) in [4.78, 5) is 26.3. The molecule has 2 amide bonds. The lowest BCUT2D eigenvalue weighted by atomic mass is 9.95. The number of piperidine rings is 1. The molecule has 4 nitrogen and oxygen atoms in total. The fourth-order valence-corrected chi connectivity index (χ4v) is 3.16. The first-order valence-electron chi connectivity index (χ1n) is 8.25. The topological polar surface area (TPSA) is 49.4 Å². The molecular formula is C19H17ClF2N2O2. The molecule has 26 heavy (non-hydrogen) atoms. The van der Waals surface area contributed by atoms with E-state index in [1.54, 1.807) is 24.3 Å². The van der Waals surface area contributed by atoms with Crippen LogP contribution >= 0.6 is 11.6 Å². The van der Waals surface area contributed by atoms with Crippen molar-refractivity contribution in [1.82, 2.24) is 4.90 Å². The van der Waals surface area contributed by atoms with Crippen LogP contribution in [0.3, 0.4) is 0 Å². The Kier molecular flexibility index (Phi) is 5.52. The van der Waals surface area contributed by atoms with Crippen molar-refractivity contribution in [3.05, 3.63) is 64.7 Å². The van der Waals surface area contributed by atoms with Crippen LogP contribution in [-0.2, 0) is 4.79 Å². The number of anilines is 1. The van der Waals surface area contributed by atoms with E-state index in [1.165, 1.54) is 4.90 Å². The highest BCUT2D eigenvalue weighted by atomic mass is 35.5. The average Bonchev–Trinajstić information content (AvgIpc) is 2.63. The van der Waals surface area contributed by atoms with Gasteiger partial charge in [-0.1, -0.05) is 23.7 Å². The van der Waals surface area contributed by atoms with E-state index < -0.39 is 17.5 Å². The Balaban J connectivity index is 1.59. The normalized spacial score (nSPS) is 15.0. The number of halogens is 3. The van der Waals surface area contributed by atoms with Gasteiger partial charge in [0.1, 0.15) is 11.6 Å². The van der Waals surface area contributed by atoms with E-state index >= 15 is 0 Å². The van der Waals surface area contributed by atoms with Gasteiger partial charge in [0.25, 0.3) is 5.91 Å². The molecule has 2 aromatic rings. The van der Waals surface area contributed by atoms with Gasteiger partial charge >= 0.3 is 0 Å². The van der Waals surface area contributed by atoms with E-state index in [0.717, 1.165) is 12.1 Å². The van der Waals surface area contributed by atoms with E-state index in [-0.39, 0.29) is 17.4 Å². The SMILES string of the molecule is O=C(Nc1ccccc1Cl)C1CCN(C(=O)c2ccc(F)cc2F)CC1. The maximum Gasteiger partial charge on any atom is 0.256 e. The molecule has 0 radical (unpaired) electrons. The van der Waals surface area contributed by atoms with Gasteiger partial charge in [-0.3, -0.25) is 9.59 Å². The number of hydrogen-bond donors (Lipinski definition) is 1. The molecular weight excluding hydrogens is 362 g/mol. The van der Waals surface area contributed by atoms with Crippen LogP contribution in [0.25, 0.3) is 0 Å². The van der Waals surface area contributed by atoms with Crippen molar-refractivity contribution >= 4 is 29.1 Å². The van der Waals surface area contributed by atoms with Crippen molar-refractivity contribution < 1.29 is 18.4 Å². The Labute approximate surface area is 154 Å². The quantitative estimate of drug-likeness (QED) is 0.873. The van der Waals surface area contributed by atoms with Gasteiger partial charge < -0.3 is 10.2 Å². The van der Waals surface area contributed by atoms with E-state index in [1.807, 2.05) is 0 Å². The van der Waals surface area contributed by atoms with Crippen LogP contribution in [-0.4, -0.2) is 29.8 Å². The van der Waals surface area contributed by atoms with Crippen molar-refractivity contribution in [1.29, 1.82) is 0 Å². The van der Waals surface area contributed by atoms with Gasteiger partial charge in [0.15, 0.2) is 0 Å². The van der Waals surface area contributed by atoms with Gasteiger partial charge in [0.05, 0.1) is 16.3 Å². The number of amides is 2. The van der Waals surface area contributed by atoms with Gasteiger partial charge in [0.2, 0.25) is 5.91 Å². The van der Waals surface area contributed by atoms with Crippen molar-refractivity contribution in [3.63, 3.8) is 0 Å². The molecule has 0 saturated carbocycles. The molecule has 1 aliphatic rings. The highest BCUT2D eigenvalue weighted by Gasteiger charge is 2.29. The molecule has 0 bridgehead atoms. The van der Waals surface area contributed by atoms with Crippen LogP contribution < -0.4 is 5.32 Å². The number of para-hydroxylation sites is 1. The van der Waals surface area contributed by atoms with Crippen LogP contribution in [0.1, 0.15) is 23.2 Å².